The Morgan fingerprint density at radius 2 is 2.06 bits per heavy atom. The maximum absolute atomic E-state index is 11.2. The van der Waals surface area contributed by atoms with E-state index in [1.807, 2.05) is 6.92 Å². The Hall–Kier alpha value is -2.30. The van der Waals surface area contributed by atoms with Gasteiger partial charge in [-0.2, -0.15) is 0 Å². The lowest BCUT2D eigenvalue weighted by Gasteiger charge is -2.05. The lowest BCUT2D eigenvalue weighted by Crippen LogP contribution is -2.01. The quantitative estimate of drug-likeness (QED) is 0.776. The van der Waals surface area contributed by atoms with Crippen LogP contribution in [0.25, 0.3) is 0 Å². The number of methoxy groups -OCH3 is 1. The fourth-order valence-electron chi connectivity index (χ4n) is 1.42. The van der Waals surface area contributed by atoms with Crippen LogP contribution in [0.15, 0.2) is 35.1 Å². The molecule has 1 aromatic heterocycles. The summed E-state index contributed by atoms with van der Waals surface area (Å²) in [5, 5.41) is 0. The number of esters is 1. The van der Waals surface area contributed by atoms with Gasteiger partial charge in [0.1, 0.15) is 23.8 Å². The number of hydrogen-bond donors (Lipinski definition) is 0. The van der Waals surface area contributed by atoms with Crippen LogP contribution in [0.2, 0.25) is 0 Å². The monoisotopic (exact) mass is 247 g/mol. The van der Waals surface area contributed by atoms with E-state index >= 15 is 0 Å². The maximum atomic E-state index is 11.2. The van der Waals surface area contributed by atoms with Crippen molar-refractivity contribution in [3.8, 4) is 5.75 Å². The summed E-state index contributed by atoms with van der Waals surface area (Å²) in [6.07, 6.45) is 1.38. The number of aromatic nitrogens is 1. The van der Waals surface area contributed by atoms with E-state index in [1.165, 1.54) is 13.5 Å². The van der Waals surface area contributed by atoms with Crippen molar-refractivity contribution >= 4 is 5.97 Å². The molecule has 0 aliphatic heterocycles. The summed E-state index contributed by atoms with van der Waals surface area (Å²) in [5.41, 5.74) is 1.24. The van der Waals surface area contributed by atoms with Gasteiger partial charge in [-0.05, 0) is 31.2 Å². The van der Waals surface area contributed by atoms with E-state index < -0.39 is 0 Å². The Labute approximate surface area is 104 Å². The van der Waals surface area contributed by atoms with Crippen LogP contribution in [0, 0.1) is 6.92 Å². The van der Waals surface area contributed by atoms with Crippen LogP contribution < -0.4 is 4.74 Å². The first-order valence-electron chi connectivity index (χ1n) is 5.41. The molecule has 0 aliphatic rings. The third-order valence-corrected chi connectivity index (χ3v) is 2.50. The van der Waals surface area contributed by atoms with E-state index in [9.17, 15) is 4.79 Å². The van der Waals surface area contributed by atoms with Gasteiger partial charge in [0.25, 0.3) is 0 Å². The van der Waals surface area contributed by atoms with Gasteiger partial charge in [0, 0.05) is 0 Å². The summed E-state index contributed by atoms with van der Waals surface area (Å²) in [6, 6.07) is 6.72. The number of benzene rings is 1. The Morgan fingerprint density at radius 3 is 2.61 bits per heavy atom. The first kappa shape index (κ1) is 12.2. The van der Waals surface area contributed by atoms with Crippen molar-refractivity contribution in [3.05, 3.63) is 47.7 Å². The highest BCUT2D eigenvalue weighted by molar-refractivity contribution is 5.89. The molecule has 1 heterocycles. The highest BCUT2D eigenvalue weighted by atomic mass is 16.5. The van der Waals surface area contributed by atoms with E-state index in [0.29, 0.717) is 17.9 Å². The number of oxazole rings is 1. The molecule has 0 radical (unpaired) electrons. The van der Waals surface area contributed by atoms with Gasteiger partial charge in [-0.15, -0.1) is 0 Å². The number of hydrogen-bond acceptors (Lipinski definition) is 5. The third kappa shape index (κ3) is 2.68. The molecular formula is C13H13NO4. The van der Waals surface area contributed by atoms with Gasteiger partial charge in [0.2, 0.25) is 0 Å². The highest BCUT2D eigenvalue weighted by Crippen LogP contribution is 2.15. The van der Waals surface area contributed by atoms with E-state index in [2.05, 4.69) is 9.72 Å². The van der Waals surface area contributed by atoms with Crippen LogP contribution in [-0.4, -0.2) is 18.1 Å². The minimum absolute atomic E-state index is 0.333. The zero-order valence-corrected chi connectivity index (χ0v) is 10.2. The van der Waals surface area contributed by atoms with Crippen molar-refractivity contribution in [3.63, 3.8) is 0 Å². The number of carbonyl (C=O) groups is 1. The van der Waals surface area contributed by atoms with Gasteiger partial charge in [-0.3, -0.25) is 0 Å². The van der Waals surface area contributed by atoms with Crippen molar-refractivity contribution in [1.29, 1.82) is 0 Å². The molecule has 94 valence electrons. The molecule has 5 heteroatoms. The Morgan fingerprint density at radius 1 is 1.33 bits per heavy atom. The molecule has 0 spiro atoms. The molecular weight excluding hydrogens is 234 g/mol. The van der Waals surface area contributed by atoms with Crippen molar-refractivity contribution in [2.45, 2.75) is 13.5 Å². The summed E-state index contributed by atoms with van der Waals surface area (Å²) in [5.74, 6) is 1.03. The minimum Gasteiger partial charge on any atom is -0.487 e. The summed E-state index contributed by atoms with van der Waals surface area (Å²) >= 11 is 0. The molecule has 0 amide bonds. The predicted molar refractivity (Wildman–Crippen MR) is 63.4 cm³/mol. The second kappa shape index (κ2) is 5.35. The van der Waals surface area contributed by atoms with Crippen LogP contribution >= 0.6 is 0 Å². The van der Waals surface area contributed by atoms with Crippen LogP contribution in [-0.2, 0) is 11.3 Å². The second-order valence-corrected chi connectivity index (χ2v) is 3.66. The molecule has 0 bridgehead atoms. The number of nitrogens with zero attached hydrogens (tertiary/aromatic N) is 1. The molecule has 0 unspecified atom stereocenters. The SMILES string of the molecule is COC(=O)c1ccc(OCc2ncoc2C)cc1. The van der Waals surface area contributed by atoms with E-state index in [1.54, 1.807) is 24.3 Å². The molecule has 2 aromatic rings. The number of aryl methyl sites for hydroxylation is 1. The molecule has 5 nitrogen and oxygen atoms in total. The van der Waals surface area contributed by atoms with Gasteiger partial charge in [-0.1, -0.05) is 0 Å². The topological polar surface area (TPSA) is 61.6 Å². The molecule has 0 aliphatic carbocycles. The summed E-state index contributed by atoms with van der Waals surface area (Å²) in [6.45, 7) is 2.16. The van der Waals surface area contributed by atoms with E-state index in [0.717, 1.165) is 11.5 Å². The lowest BCUT2D eigenvalue weighted by atomic mass is 10.2. The Balaban J connectivity index is 1.98. The Bertz CT molecular complexity index is 530. The smallest absolute Gasteiger partial charge is 0.337 e. The average molecular weight is 247 g/mol. The van der Waals surface area contributed by atoms with Gasteiger partial charge < -0.3 is 13.9 Å². The van der Waals surface area contributed by atoms with Crippen molar-refractivity contribution in [1.82, 2.24) is 4.98 Å². The minimum atomic E-state index is -0.367. The zero-order chi connectivity index (χ0) is 13.0. The van der Waals surface area contributed by atoms with Gasteiger partial charge in [0.05, 0.1) is 12.7 Å². The zero-order valence-electron chi connectivity index (χ0n) is 10.2. The number of ether oxygens (including phenoxy) is 2. The van der Waals surface area contributed by atoms with Gasteiger partial charge in [-0.25, -0.2) is 9.78 Å². The molecule has 0 atom stereocenters. The van der Waals surface area contributed by atoms with Crippen LogP contribution in [0.3, 0.4) is 0 Å². The Kier molecular flexibility index (Phi) is 3.62. The van der Waals surface area contributed by atoms with Crippen molar-refractivity contribution < 1.29 is 18.7 Å². The van der Waals surface area contributed by atoms with E-state index in [-0.39, 0.29) is 5.97 Å². The second-order valence-electron chi connectivity index (χ2n) is 3.66. The summed E-state index contributed by atoms with van der Waals surface area (Å²) in [4.78, 5) is 15.3. The first-order valence-corrected chi connectivity index (χ1v) is 5.41. The average Bonchev–Trinajstić information content (AvgIpc) is 2.81. The van der Waals surface area contributed by atoms with E-state index in [4.69, 9.17) is 9.15 Å². The predicted octanol–water partition coefficient (Wildman–Crippen LogP) is 2.35. The standard InChI is InChI=1S/C13H13NO4/c1-9-12(14-8-18-9)7-17-11-5-3-10(4-6-11)13(15)16-2/h3-6,8H,7H2,1-2H3. The molecule has 0 N–H and O–H groups in total. The lowest BCUT2D eigenvalue weighted by molar-refractivity contribution is 0.0600. The van der Waals surface area contributed by atoms with Crippen LogP contribution in [0.5, 0.6) is 5.75 Å². The number of rotatable bonds is 4. The summed E-state index contributed by atoms with van der Waals surface area (Å²) < 4.78 is 15.2. The van der Waals surface area contributed by atoms with Crippen LogP contribution in [0.4, 0.5) is 0 Å². The first-order chi connectivity index (χ1) is 8.70. The number of carbonyl (C=O) groups excluding carboxylic acids is 1. The van der Waals surface area contributed by atoms with Gasteiger partial charge in [0.15, 0.2) is 6.39 Å². The fourth-order valence-corrected chi connectivity index (χ4v) is 1.42. The molecule has 1 aromatic carbocycles. The maximum Gasteiger partial charge on any atom is 0.337 e. The fraction of sp³-hybridized carbons (Fsp3) is 0.231. The molecule has 0 saturated heterocycles. The van der Waals surface area contributed by atoms with Crippen molar-refractivity contribution in [2.24, 2.45) is 0 Å². The van der Waals surface area contributed by atoms with Crippen LogP contribution in [0.1, 0.15) is 21.8 Å². The molecule has 0 fully saturated rings. The highest BCUT2D eigenvalue weighted by Gasteiger charge is 2.06. The van der Waals surface area contributed by atoms with Gasteiger partial charge >= 0.3 is 5.97 Å². The molecule has 18 heavy (non-hydrogen) atoms. The molecule has 0 saturated carbocycles. The largest absolute Gasteiger partial charge is 0.487 e. The normalized spacial score (nSPS) is 10.1. The molecule has 2 rings (SSSR count). The summed E-state index contributed by atoms with van der Waals surface area (Å²) in [7, 11) is 1.35. The third-order valence-electron chi connectivity index (χ3n) is 2.50. The van der Waals surface area contributed by atoms with Crippen molar-refractivity contribution in [2.75, 3.05) is 7.11 Å².